The van der Waals surface area contributed by atoms with Gasteiger partial charge in [-0.25, -0.2) is 4.79 Å². The Balaban J connectivity index is 0.959. The summed E-state index contributed by atoms with van der Waals surface area (Å²) in [7, 11) is 0. The summed E-state index contributed by atoms with van der Waals surface area (Å²) in [4.78, 5) is 29.2. The molecule has 0 bridgehead atoms. The van der Waals surface area contributed by atoms with Gasteiger partial charge in [0.1, 0.15) is 11.9 Å². The monoisotopic (exact) mass is 733 g/mol. The maximum Gasteiger partial charge on any atom is 0.315 e. The third kappa shape index (κ3) is 9.71. The molecule has 3 aliphatic rings. The smallest absolute Gasteiger partial charge is 0.315 e. The molecule has 1 aromatic heterocycles. The maximum atomic E-state index is 12.8. The maximum absolute atomic E-state index is 12.8. The second-order valence-corrected chi connectivity index (χ2v) is 15.9. The van der Waals surface area contributed by atoms with Gasteiger partial charge in [-0.3, -0.25) is 4.79 Å². The SMILES string of the molecule is Cc1cccc2c1c(Cc1ccc(OCCCN3CCCC4(CCN(C(=O)CNC(=O)NCC(C)C)CC4)C3)cc1)cn2C1OC(CO)CC(O)C1O. The van der Waals surface area contributed by atoms with Crippen LogP contribution in [0.1, 0.15) is 75.3 Å². The Morgan fingerprint density at radius 2 is 1.81 bits per heavy atom. The number of ether oxygens (including phenoxy) is 2. The standard InChI is InChI=1S/C41H59N5O7/c1-28(2)23-42-40(51)43-24-36(49)45-18-14-41(15-19-45)13-5-16-44(27-41)17-6-20-52-32-11-9-30(10-12-32)21-31-25-46(34-8-4-7-29(3)37(31)34)39-38(50)35(48)22-33(26-47)53-39/h4,7-12,25,28,33,35,38-39,47-48,50H,5-6,13-24,26-27H2,1-3H3,(H2,42,43,51). The van der Waals surface area contributed by atoms with Crippen molar-refractivity contribution in [3.05, 3.63) is 65.4 Å². The molecule has 6 rings (SSSR count). The van der Waals surface area contributed by atoms with Crippen molar-refractivity contribution in [1.82, 2.24) is 25.0 Å². The predicted octanol–water partition coefficient (Wildman–Crippen LogP) is 3.97. The van der Waals surface area contributed by atoms with Crippen LogP contribution < -0.4 is 15.4 Å². The number of urea groups is 1. The highest BCUT2D eigenvalue weighted by molar-refractivity contribution is 5.87. The van der Waals surface area contributed by atoms with E-state index in [1.165, 1.54) is 12.8 Å². The van der Waals surface area contributed by atoms with E-state index in [1.54, 1.807) is 0 Å². The predicted molar refractivity (Wildman–Crippen MR) is 204 cm³/mol. The van der Waals surface area contributed by atoms with Gasteiger partial charge >= 0.3 is 6.03 Å². The van der Waals surface area contributed by atoms with Gasteiger partial charge in [-0.05, 0) is 98.2 Å². The Morgan fingerprint density at radius 3 is 2.55 bits per heavy atom. The van der Waals surface area contributed by atoms with Crippen LogP contribution in [0.5, 0.6) is 5.75 Å². The lowest BCUT2D eigenvalue weighted by Gasteiger charge is -2.47. The van der Waals surface area contributed by atoms with Crippen molar-refractivity contribution in [2.24, 2.45) is 11.3 Å². The van der Waals surface area contributed by atoms with Gasteiger partial charge in [0.05, 0.1) is 37.5 Å². The van der Waals surface area contributed by atoms with E-state index in [9.17, 15) is 24.9 Å². The number of likely N-dealkylation sites (tertiary alicyclic amines) is 2. The topological polar surface area (TPSA) is 149 Å². The number of piperidine rings is 2. The van der Waals surface area contributed by atoms with Crippen LogP contribution in [0, 0.1) is 18.3 Å². The van der Waals surface area contributed by atoms with Gasteiger partial charge in [0, 0.05) is 50.7 Å². The lowest BCUT2D eigenvalue weighted by molar-refractivity contribution is -0.204. The number of aliphatic hydroxyl groups excluding tert-OH is 3. The van der Waals surface area contributed by atoms with Crippen LogP contribution in [-0.2, 0) is 16.0 Å². The van der Waals surface area contributed by atoms with E-state index in [0.717, 1.165) is 85.3 Å². The molecule has 53 heavy (non-hydrogen) atoms. The van der Waals surface area contributed by atoms with Crippen LogP contribution in [0.15, 0.2) is 48.7 Å². The molecule has 12 heteroatoms. The van der Waals surface area contributed by atoms with E-state index in [2.05, 4.69) is 40.7 Å². The number of hydrogen-bond acceptors (Lipinski definition) is 8. The number of hydrogen-bond donors (Lipinski definition) is 5. The summed E-state index contributed by atoms with van der Waals surface area (Å²) in [6.45, 7) is 11.8. The number of benzene rings is 2. The van der Waals surface area contributed by atoms with Gasteiger partial charge in [0.15, 0.2) is 6.23 Å². The Morgan fingerprint density at radius 1 is 1.04 bits per heavy atom. The molecule has 4 atom stereocenters. The zero-order valence-electron chi connectivity index (χ0n) is 31.6. The zero-order chi connectivity index (χ0) is 37.5. The molecule has 5 N–H and O–H groups in total. The van der Waals surface area contributed by atoms with E-state index in [4.69, 9.17) is 9.47 Å². The minimum atomic E-state index is -1.10. The summed E-state index contributed by atoms with van der Waals surface area (Å²) in [5, 5.41) is 37.6. The first kappa shape index (κ1) is 39.0. The zero-order valence-corrected chi connectivity index (χ0v) is 31.6. The molecule has 0 radical (unpaired) electrons. The van der Waals surface area contributed by atoms with E-state index >= 15 is 0 Å². The van der Waals surface area contributed by atoms with Crippen molar-refractivity contribution in [3.8, 4) is 5.75 Å². The number of carbonyl (C=O) groups is 2. The van der Waals surface area contributed by atoms with Crippen molar-refractivity contribution in [2.75, 3.05) is 59.0 Å². The average molecular weight is 734 g/mol. The number of fused-ring (bicyclic) bond motifs is 1. The van der Waals surface area contributed by atoms with Gasteiger partial charge < -0.3 is 49.8 Å². The lowest BCUT2D eigenvalue weighted by atomic mass is 9.72. The highest BCUT2D eigenvalue weighted by Crippen LogP contribution is 2.40. The Kier molecular flexibility index (Phi) is 13.0. The highest BCUT2D eigenvalue weighted by atomic mass is 16.5. The van der Waals surface area contributed by atoms with Crippen LogP contribution in [0.3, 0.4) is 0 Å². The van der Waals surface area contributed by atoms with Gasteiger partial charge in [-0.2, -0.15) is 0 Å². The molecule has 0 aliphatic carbocycles. The first-order valence-corrected chi connectivity index (χ1v) is 19.5. The molecule has 3 aliphatic heterocycles. The van der Waals surface area contributed by atoms with Crippen LogP contribution >= 0.6 is 0 Å². The van der Waals surface area contributed by atoms with Crippen molar-refractivity contribution in [3.63, 3.8) is 0 Å². The third-order valence-corrected chi connectivity index (χ3v) is 11.3. The van der Waals surface area contributed by atoms with Gasteiger partial charge in [-0.15, -0.1) is 0 Å². The molecule has 290 valence electrons. The number of nitrogens with one attached hydrogen (secondary N) is 2. The van der Waals surface area contributed by atoms with Gasteiger partial charge in [0.25, 0.3) is 0 Å². The number of aliphatic hydroxyl groups is 3. The minimum Gasteiger partial charge on any atom is -0.494 e. The fraction of sp³-hybridized carbons (Fsp3) is 0.610. The van der Waals surface area contributed by atoms with Crippen LogP contribution in [0.25, 0.3) is 10.9 Å². The summed E-state index contributed by atoms with van der Waals surface area (Å²) in [6, 6.07) is 14.0. The summed E-state index contributed by atoms with van der Waals surface area (Å²) in [6.07, 6.45) is 4.77. The quantitative estimate of drug-likeness (QED) is 0.166. The van der Waals surface area contributed by atoms with Crippen LogP contribution in [-0.4, -0.2) is 119 Å². The summed E-state index contributed by atoms with van der Waals surface area (Å²) < 4.78 is 14.1. The molecule has 3 aromatic rings. The molecular weight excluding hydrogens is 674 g/mol. The molecule has 0 saturated carbocycles. The first-order valence-electron chi connectivity index (χ1n) is 19.5. The summed E-state index contributed by atoms with van der Waals surface area (Å²) >= 11 is 0. The van der Waals surface area contributed by atoms with Crippen molar-refractivity contribution < 1.29 is 34.4 Å². The van der Waals surface area contributed by atoms with Crippen molar-refractivity contribution >= 4 is 22.8 Å². The van der Waals surface area contributed by atoms with E-state index in [-0.39, 0.29) is 36.9 Å². The second-order valence-electron chi connectivity index (χ2n) is 15.9. The molecule has 3 fully saturated rings. The number of carbonyl (C=O) groups excluding carboxylic acids is 2. The second kappa shape index (κ2) is 17.6. The highest BCUT2D eigenvalue weighted by Gasteiger charge is 2.40. The van der Waals surface area contributed by atoms with Crippen LogP contribution in [0.4, 0.5) is 4.79 Å². The summed E-state index contributed by atoms with van der Waals surface area (Å²) in [5.41, 5.74) is 4.52. The Bertz CT molecular complexity index is 1670. The van der Waals surface area contributed by atoms with E-state index in [1.807, 2.05) is 53.8 Å². The van der Waals surface area contributed by atoms with Gasteiger partial charge in [-0.1, -0.05) is 38.1 Å². The Hall–Kier alpha value is -3.68. The van der Waals surface area contributed by atoms with Crippen molar-refractivity contribution in [2.45, 2.75) is 90.3 Å². The van der Waals surface area contributed by atoms with E-state index in [0.29, 0.717) is 25.5 Å². The van der Waals surface area contributed by atoms with Gasteiger partial charge in [0.2, 0.25) is 5.91 Å². The number of aryl methyl sites for hydroxylation is 1. The van der Waals surface area contributed by atoms with Crippen LogP contribution in [0.2, 0.25) is 0 Å². The number of amides is 3. The normalized spacial score (nSPS) is 23.4. The number of rotatable bonds is 13. The summed E-state index contributed by atoms with van der Waals surface area (Å²) in [5.74, 6) is 1.19. The molecule has 3 saturated heterocycles. The fourth-order valence-electron chi connectivity index (χ4n) is 8.38. The minimum absolute atomic E-state index is 0.00953. The van der Waals surface area contributed by atoms with E-state index < -0.39 is 24.5 Å². The Labute approximate surface area is 313 Å². The average Bonchev–Trinajstić information content (AvgIpc) is 3.52. The molecule has 4 unspecified atom stereocenters. The molecular formula is C41H59N5O7. The molecule has 1 spiro atoms. The third-order valence-electron chi connectivity index (χ3n) is 11.3. The lowest BCUT2D eigenvalue weighted by Crippen LogP contribution is -2.52. The largest absolute Gasteiger partial charge is 0.494 e. The number of aromatic nitrogens is 1. The van der Waals surface area contributed by atoms with Crippen molar-refractivity contribution in [1.29, 1.82) is 0 Å². The first-order chi connectivity index (χ1) is 25.5. The molecule has 12 nitrogen and oxygen atoms in total. The molecule has 3 amide bonds. The number of nitrogens with zero attached hydrogens (tertiary/aromatic N) is 3. The fourth-order valence-corrected chi connectivity index (χ4v) is 8.38. The molecule has 2 aromatic carbocycles. The molecule has 4 heterocycles.